The van der Waals surface area contributed by atoms with Crippen LogP contribution in [0.15, 0.2) is 127 Å². The Kier molecular flexibility index (Phi) is 9.08. The Morgan fingerprint density at radius 2 is 1.13 bits per heavy atom. The van der Waals surface area contributed by atoms with Gasteiger partial charge in [0.1, 0.15) is 0 Å². The van der Waals surface area contributed by atoms with E-state index in [2.05, 4.69) is 134 Å². The van der Waals surface area contributed by atoms with Gasteiger partial charge in [-0.2, -0.15) is 0 Å². The molecule has 7 aromatic carbocycles. The molecule has 7 aromatic rings. The van der Waals surface area contributed by atoms with Crippen LogP contribution in [0.2, 0.25) is 0 Å². The van der Waals surface area contributed by atoms with Gasteiger partial charge in [0.25, 0.3) is 0 Å². The largest absolute Gasteiger partial charge is 3.00 e. The van der Waals surface area contributed by atoms with Gasteiger partial charge in [-0.25, -0.2) is 0 Å². The number of fused-ring (bicyclic) bond motifs is 10. The van der Waals surface area contributed by atoms with Crippen molar-refractivity contribution in [3.8, 4) is 11.1 Å². The van der Waals surface area contributed by atoms with Crippen molar-refractivity contribution in [2.24, 2.45) is 0 Å². The minimum absolute atomic E-state index is 0. The van der Waals surface area contributed by atoms with E-state index in [9.17, 15) is 0 Å². The molecule has 0 aliphatic heterocycles. The van der Waals surface area contributed by atoms with E-state index in [0.29, 0.717) is 5.92 Å². The summed E-state index contributed by atoms with van der Waals surface area (Å²) in [6.45, 7) is 2.28. The van der Waals surface area contributed by atoms with E-state index in [4.69, 9.17) is 0 Å². The summed E-state index contributed by atoms with van der Waals surface area (Å²) in [4.78, 5) is 0. The molecular weight excluding hydrogens is 595 g/mol. The van der Waals surface area contributed by atoms with Crippen molar-refractivity contribution in [3.05, 3.63) is 139 Å². The van der Waals surface area contributed by atoms with Crippen molar-refractivity contribution >= 4 is 43.1 Å². The van der Waals surface area contributed by atoms with Gasteiger partial charge in [-0.3, -0.25) is 0 Å². The van der Waals surface area contributed by atoms with Gasteiger partial charge in [-0.15, -0.1) is 39.7 Å². The molecule has 1 unspecified atom stereocenters. The van der Waals surface area contributed by atoms with E-state index in [1.165, 1.54) is 71.8 Å². The molecule has 39 heavy (non-hydrogen) atoms. The van der Waals surface area contributed by atoms with Gasteiger partial charge < -0.3 is 24.8 Å². The van der Waals surface area contributed by atoms with E-state index in [0.717, 1.165) is 0 Å². The van der Waals surface area contributed by atoms with Crippen molar-refractivity contribution in [1.29, 1.82) is 0 Å². The number of hydrogen-bond donors (Lipinski definition) is 0. The Hall–Kier alpha value is -2.83. The summed E-state index contributed by atoms with van der Waals surface area (Å²) in [5.41, 5.74) is 5.89. The van der Waals surface area contributed by atoms with Gasteiger partial charge in [0, 0.05) is 5.92 Å². The maximum Gasteiger partial charge on any atom is 3.00 e. The van der Waals surface area contributed by atoms with Crippen molar-refractivity contribution < 1.29 is 51.0 Å². The summed E-state index contributed by atoms with van der Waals surface area (Å²) in [6, 6.07) is 46.1. The SMILES string of the molecule is CCC1c2ccccc2-c2c1ccc1ccccc21.[Cl-].[Cl-].[Zr+3].c1ccc2c(c1)ccc1[cH-]c3ccccc3c12. The molecule has 1 aliphatic carbocycles. The predicted octanol–water partition coefficient (Wildman–Crippen LogP) is 4.23. The van der Waals surface area contributed by atoms with Crippen molar-refractivity contribution in [1.82, 2.24) is 0 Å². The summed E-state index contributed by atoms with van der Waals surface area (Å²) in [6.07, 6.45) is 1.17. The molecule has 3 heteroatoms. The molecule has 0 nitrogen and oxygen atoms in total. The van der Waals surface area contributed by atoms with E-state index in [1.54, 1.807) is 0 Å². The summed E-state index contributed by atoms with van der Waals surface area (Å²) in [5, 5.41) is 10.8. The van der Waals surface area contributed by atoms with Crippen LogP contribution in [-0.2, 0) is 26.2 Å². The molecule has 0 amide bonds. The van der Waals surface area contributed by atoms with Gasteiger partial charge in [0.2, 0.25) is 0 Å². The molecule has 8 rings (SSSR count). The van der Waals surface area contributed by atoms with E-state index >= 15 is 0 Å². The van der Waals surface area contributed by atoms with Crippen LogP contribution in [0.4, 0.5) is 0 Å². The zero-order valence-corrected chi connectivity index (χ0v) is 25.6. The second-order valence-electron chi connectivity index (χ2n) is 9.78. The van der Waals surface area contributed by atoms with Crippen LogP contribution in [0.5, 0.6) is 0 Å². The first kappa shape index (κ1) is 29.2. The van der Waals surface area contributed by atoms with Crippen LogP contribution in [0.3, 0.4) is 0 Å². The van der Waals surface area contributed by atoms with E-state index in [1.807, 2.05) is 0 Å². The fraction of sp³-hybridized carbons (Fsp3) is 0.0833. The van der Waals surface area contributed by atoms with Crippen LogP contribution in [0.25, 0.3) is 54.2 Å². The number of hydrogen-bond acceptors (Lipinski definition) is 0. The average molecular weight is 622 g/mol. The van der Waals surface area contributed by atoms with Crippen LogP contribution in [0.1, 0.15) is 30.4 Å². The van der Waals surface area contributed by atoms with Crippen molar-refractivity contribution in [2.75, 3.05) is 0 Å². The Labute approximate surface area is 261 Å². The quantitative estimate of drug-likeness (QED) is 0.241. The third-order valence-corrected chi connectivity index (χ3v) is 7.85. The molecular formula is C36H27Cl2Zr. The molecule has 0 saturated heterocycles. The summed E-state index contributed by atoms with van der Waals surface area (Å²) in [5.74, 6) is 0.566. The molecule has 1 radical (unpaired) electrons. The van der Waals surface area contributed by atoms with Crippen molar-refractivity contribution in [3.63, 3.8) is 0 Å². The summed E-state index contributed by atoms with van der Waals surface area (Å²) in [7, 11) is 0. The molecule has 189 valence electrons. The number of halogens is 2. The Balaban J connectivity index is 0.000000169. The Bertz CT molecular complexity index is 1890. The first-order valence-electron chi connectivity index (χ1n) is 12.9. The molecule has 0 bridgehead atoms. The molecule has 1 aliphatic rings. The zero-order chi connectivity index (χ0) is 24.1. The average Bonchev–Trinajstić information content (AvgIpc) is 3.49. The van der Waals surface area contributed by atoms with Gasteiger partial charge in [-0.1, -0.05) is 122 Å². The molecule has 0 aromatic heterocycles. The third-order valence-electron chi connectivity index (χ3n) is 7.85. The number of rotatable bonds is 1. The first-order valence-corrected chi connectivity index (χ1v) is 12.9. The summed E-state index contributed by atoms with van der Waals surface area (Å²) < 4.78 is 0. The van der Waals surface area contributed by atoms with Gasteiger partial charge in [-0.05, 0) is 44.8 Å². The van der Waals surface area contributed by atoms with Crippen LogP contribution >= 0.6 is 0 Å². The molecule has 0 heterocycles. The minimum Gasteiger partial charge on any atom is -1.00 e. The maximum absolute atomic E-state index is 2.33. The van der Waals surface area contributed by atoms with Crippen LogP contribution < -0.4 is 24.8 Å². The first-order chi connectivity index (χ1) is 17.8. The Morgan fingerprint density at radius 1 is 0.538 bits per heavy atom. The van der Waals surface area contributed by atoms with Gasteiger partial charge >= 0.3 is 26.2 Å². The topological polar surface area (TPSA) is 0 Å². The van der Waals surface area contributed by atoms with E-state index in [-0.39, 0.29) is 51.0 Å². The van der Waals surface area contributed by atoms with Gasteiger partial charge in [0.05, 0.1) is 0 Å². The van der Waals surface area contributed by atoms with E-state index < -0.39 is 0 Å². The monoisotopic (exact) mass is 619 g/mol. The molecule has 0 spiro atoms. The third kappa shape index (κ3) is 4.87. The van der Waals surface area contributed by atoms with Crippen molar-refractivity contribution in [2.45, 2.75) is 19.3 Å². The smallest absolute Gasteiger partial charge is 1.00 e. The zero-order valence-electron chi connectivity index (χ0n) is 21.7. The molecule has 0 saturated carbocycles. The predicted molar refractivity (Wildman–Crippen MR) is 156 cm³/mol. The Morgan fingerprint density at radius 3 is 1.90 bits per heavy atom. The van der Waals surface area contributed by atoms with Crippen LogP contribution in [-0.4, -0.2) is 0 Å². The fourth-order valence-electron chi connectivity index (χ4n) is 6.24. The second-order valence-corrected chi connectivity index (χ2v) is 9.78. The molecule has 1 atom stereocenters. The maximum atomic E-state index is 2.33. The van der Waals surface area contributed by atoms with Crippen LogP contribution in [0, 0.1) is 0 Å². The minimum atomic E-state index is 0. The summed E-state index contributed by atoms with van der Waals surface area (Å²) >= 11 is 0. The fourth-order valence-corrected chi connectivity index (χ4v) is 6.24. The second kappa shape index (κ2) is 12.1. The normalized spacial score (nSPS) is 13.0. The van der Waals surface area contributed by atoms with Gasteiger partial charge in [0.15, 0.2) is 0 Å². The standard InChI is InChI=1S/C19H16.C17H11.2ClH.Zr/c1-2-14-16-9-5-6-10-17(16)19-15-8-4-3-7-13(15)11-12-18(14)19;1-3-7-15-12(5-1)9-10-14-11-13-6-2-4-8-16(13)17(14)15;;;/h3-12,14H,2H2,1H3;1-11H;2*1H;/q;-1;;;+3/p-2. The molecule has 0 fully saturated rings. The molecule has 0 N–H and O–H groups in total. The number of benzene rings is 6.